The van der Waals surface area contributed by atoms with E-state index in [9.17, 15) is 4.79 Å². The molecule has 1 aromatic heterocycles. The third kappa shape index (κ3) is 4.04. The van der Waals surface area contributed by atoms with E-state index in [0.29, 0.717) is 19.1 Å². The van der Waals surface area contributed by atoms with Crippen LogP contribution in [0.5, 0.6) is 0 Å². The summed E-state index contributed by atoms with van der Waals surface area (Å²) < 4.78 is 11.1. The zero-order valence-electron chi connectivity index (χ0n) is 13.2. The van der Waals surface area contributed by atoms with Crippen LogP contribution in [0.1, 0.15) is 57.2 Å². The van der Waals surface area contributed by atoms with Crippen molar-refractivity contribution in [3.63, 3.8) is 0 Å². The average molecular weight is 311 g/mol. The van der Waals surface area contributed by atoms with Crippen LogP contribution < -0.4 is 0 Å². The van der Waals surface area contributed by atoms with Gasteiger partial charge in [0.2, 0.25) is 0 Å². The highest BCUT2D eigenvalue weighted by Crippen LogP contribution is 2.44. The summed E-state index contributed by atoms with van der Waals surface area (Å²) in [5.74, 6) is 0.444. The molecule has 2 atom stereocenters. The Morgan fingerprint density at radius 3 is 2.95 bits per heavy atom. The Bertz CT molecular complexity index is 470. The molecule has 0 bridgehead atoms. The summed E-state index contributed by atoms with van der Waals surface area (Å²) in [5.41, 5.74) is 0.551. The minimum atomic E-state index is -0.246. The Morgan fingerprint density at radius 2 is 2.29 bits per heavy atom. The van der Waals surface area contributed by atoms with Gasteiger partial charge < -0.3 is 9.47 Å². The summed E-state index contributed by atoms with van der Waals surface area (Å²) in [6.07, 6.45) is 4.73. The van der Waals surface area contributed by atoms with Crippen molar-refractivity contribution in [2.45, 2.75) is 58.5 Å². The number of carbonyl (C=O) groups is 1. The normalized spacial score (nSPS) is 25.8. The largest absolute Gasteiger partial charge is 0.466 e. The van der Waals surface area contributed by atoms with Gasteiger partial charge in [0.25, 0.3) is 0 Å². The lowest BCUT2D eigenvalue weighted by Crippen LogP contribution is -2.35. The van der Waals surface area contributed by atoms with Crippen LogP contribution >= 0.6 is 11.3 Å². The number of ether oxygens (including phenoxy) is 2. The lowest BCUT2D eigenvalue weighted by molar-refractivity contribution is -0.142. The molecule has 118 valence electrons. The third-order valence-electron chi connectivity index (χ3n) is 3.95. The maximum atomic E-state index is 11.6. The first-order valence-electron chi connectivity index (χ1n) is 7.84. The molecule has 2 rings (SSSR count). The van der Waals surface area contributed by atoms with Gasteiger partial charge in [-0.15, -0.1) is 11.3 Å². The zero-order chi connectivity index (χ0) is 15.3. The Morgan fingerprint density at radius 1 is 1.48 bits per heavy atom. The summed E-state index contributed by atoms with van der Waals surface area (Å²) in [5, 5.41) is 2.99. The number of hydrogen-bond acceptors (Lipinski definition) is 5. The molecular formula is C16H25NO3S. The smallest absolute Gasteiger partial charge is 0.311 e. The Hall–Kier alpha value is -0.940. The number of hydrogen-bond donors (Lipinski definition) is 0. The molecule has 1 heterocycles. The fourth-order valence-corrected chi connectivity index (χ4v) is 4.14. The van der Waals surface area contributed by atoms with Crippen molar-refractivity contribution in [1.82, 2.24) is 4.98 Å². The Balaban J connectivity index is 2.14. The molecule has 21 heavy (non-hydrogen) atoms. The average Bonchev–Trinajstić information content (AvgIpc) is 2.88. The molecule has 1 fully saturated rings. The lowest BCUT2D eigenvalue weighted by Gasteiger charge is -2.38. The molecule has 0 N–H and O–H groups in total. The highest BCUT2D eigenvalue weighted by molar-refractivity contribution is 7.09. The maximum Gasteiger partial charge on any atom is 0.311 e. The van der Waals surface area contributed by atoms with Gasteiger partial charge in [-0.05, 0) is 39.0 Å². The van der Waals surface area contributed by atoms with Gasteiger partial charge in [0.1, 0.15) is 10.6 Å². The molecular weight excluding hydrogens is 286 g/mol. The second-order valence-electron chi connectivity index (χ2n) is 5.75. The summed E-state index contributed by atoms with van der Waals surface area (Å²) in [7, 11) is 0. The fraction of sp³-hybridized carbons (Fsp3) is 0.750. The van der Waals surface area contributed by atoms with E-state index in [1.165, 1.54) is 12.8 Å². The fourth-order valence-electron chi connectivity index (χ4n) is 3.12. The molecule has 1 aliphatic rings. The van der Waals surface area contributed by atoms with E-state index >= 15 is 0 Å². The van der Waals surface area contributed by atoms with Gasteiger partial charge in [0.05, 0.1) is 18.7 Å². The number of esters is 1. The molecule has 5 heteroatoms. The summed E-state index contributed by atoms with van der Waals surface area (Å²) in [4.78, 5) is 16.2. The SMILES string of the molecule is CCOC(=O)Cc1csc(C2(OCC)CCCC(C)C2)n1. The molecule has 0 saturated heterocycles. The molecule has 0 aromatic carbocycles. The highest BCUT2D eigenvalue weighted by atomic mass is 32.1. The van der Waals surface area contributed by atoms with Crippen LogP contribution in [0.15, 0.2) is 5.38 Å². The van der Waals surface area contributed by atoms with Crippen LogP contribution in [0.3, 0.4) is 0 Å². The molecule has 1 aromatic rings. The molecule has 1 saturated carbocycles. The molecule has 0 spiro atoms. The standard InChI is InChI=1S/C16H25NO3S/c1-4-19-14(18)9-13-11-21-15(17-13)16(20-5-2)8-6-7-12(3)10-16/h11-12H,4-10H2,1-3H3. The highest BCUT2D eigenvalue weighted by Gasteiger charge is 2.39. The van der Waals surface area contributed by atoms with Crippen molar-refractivity contribution in [3.05, 3.63) is 16.1 Å². The van der Waals surface area contributed by atoms with Crippen molar-refractivity contribution in [3.8, 4) is 0 Å². The Labute approximate surface area is 130 Å². The van der Waals surface area contributed by atoms with E-state index in [4.69, 9.17) is 9.47 Å². The first kappa shape index (κ1) is 16.4. The Kier molecular flexibility index (Phi) is 5.76. The molecule has 0 aliphatic heterocycles. The quantitative estimate of drug-likeness (QED) is 0.752. The molecule has 0 amide bonds. The molecule has 4 nitrogen and oxygen atoms in total. The van der Waals surface area contributed by atoms with Crippen molar-refractivity contribution < 1.29 is 14.3 Å². The van der Waals surface area contributed by atoms with Crippen molar-refractivity contribution >= 4 is 17.3 Å². The summed E-state index contributed by atoms with van der Waals surface area (Å²) in [6.45, 7) is 7.24. The summed E-state index contributed by atoms with van der Waals surface area (Å²) in [6, 6.07) is 0. The van der Waals surface area contributed by atoms with Gasteiger partial charge in [-0.2, -0.15) is 0 Å². The van der Waals surface area contributed by atoms with Crippen LogP contribution in [0.2, 0.25) is 0 Å². The van der Waals surface area contributed by atoms with Crippen molar-refractivity contribution in [2.24, 2.45) is 5.92 Å². The van der Waals surface area contributed by atoms with Crippen LogP contribution in [-0.4, -0.2) is 24.2 Å². The van der Waals surface area contributed by atoms with E-state index in [1.807, 2.05) is 19.2 Å². The minimum Gasteiger partial charge on any atom is -0.466 e. The van der Waals surface area contributed by atoms with E-state index in [2.05, 4.69) is 11.9 Å². The molecule has 0 radical (unpaired) electrons. The molecule has 2 unspecified atom stereocenters. The van der Waals surface area contributed by atoms with Crippen LogP contribution in [-0.2, 0) is 26.3 Å². The number of rotatable bonds is 6. The van der Waals surface area contributed by atoms with E-state index in [0.717, 1.165) is 23.5 Å². The van der Waals surface area contributed by atoms with Gasteiger partial charge in [-0.25, -0.2) is 4.98 Å². The van der Waals surface area contributed by atoms with Gasteiger partial charge in [-0.3, -0.25) is 4.79 Å². The maximum absolute atomic E-state index is 11.6. The van der Waals surface area contributed by atoms with Gasteiger partial charge in [0, 0.05) is 12.0 Å². The van der Waals surface area contributed by atoms with Crippen LogP contribution in [0.4, 0.5) is 0 Å². The second kappa shape index (κ2) is 7.36. The van der Waals surface area contributed by atoms with Gasteiger partial charge in [0.15, 0.2) is 0 Å². The number of nitrogens with zero attached hydrogens (tertiary/aromatic N) is 1. The van der Waals surface area contributed by atoms with Crippen LogP contribution in [0, 0.1) is 5.92 Å². The topological polar surface area (TPSA) is 48.4 Å². The third-order valence-corrected chi connectivity index (χ3v) is 5.03. The lowest BCUT2D eigenvalue weighted by atomic mass is 9.79. The predicted octanol–water partition coefficient (Wildman–Crippen LogP) is 3.69. The summed E-state index contributed by atoms with van der Waals surface area (Å²) >= 11 is 1.61. The first-order chi connectivity index (χ1) is 10.1. The van der Waals surface area contributed by atoms with Crippen LogP contribution in [0.25, 0.3) is 0 Å². The van der Waals surface area contributed by atoms with E-state index in [-0.39, 0.29) is 18.0 Å². The van der Waals surface area contributed by atoms with E-state index < -0.39 is 0 Å². The van der Waals surface area contributed by atoms with E-state index in [1.54, 1.807) is 11.3 Å². The van der Waals surface area contributed by atoms with Gasteiger partial charge >= 0.3 is 5.97 Å². The second-order valence-corrected chi connectivity index (χ2v) is 6.61. The molecule has 1 aliphatic carbocycles. The first-order valence-corrected chi connectivity index (χ1v) is 8.72. The van der Waals surface area contributed by atoms with Crippen molar-refractivity contribution in [1.29, 1.82) is 0 Å². The van der Waals surface area contributed by atoms with Crippen molar-refractivity contribution in [2.75, 3.05) is 13.2 Å². The van der Waals surface area contributed by atoms with Gasteiger partial charge in [-0.1, -0.05) is 13.3 Å². The number of aromatic nitrogens is 1. The number of thiazole rings is 1. The number of carbonyl (C=O) groups excluding carboxylic acids is 1. The minimum absolute atomic E-state index is 0.211. The monoisotopic (exact) mass is 311 g/mol. The predicted molar refractivity (Wildman–Crippen MR) is 83.4 cm³/mol. The zero-order valence-corrected chi connectivity index (χ0v) is 14.0.